The van der Waals surface area contributed by atoms with Crippen molar-refractivity contribution < 1.29 is 9.53 Å². The molecule has 2 aromatic rings. The number of rotatable bonds is 4. The van der Waals surface area contributed by atoms with Crippen LogP contribution in [-0.2, 0) is 4.74 Å². The van der Waals surface area contributed by atoms with Crippen LogP contribution in [0.25, 0.3) is 0 Å². The zero-order valence-corrected chi connectivity index (χ0v) is 16.9. The molecule has 1 unspecified atom stereocenters. The van der Waals surface area contributed by atoms with Crippen LogP contribution in [0.5, 0.6) is 0 Å². The molecular weight excluding hydrogens is 370 g/mol. The van der Waals surface area contributed by atoms with E-state index in [4.69, 9.17) is 21.6 Å². The Labute approximate surface area is 170 Å². The molecule has 1 aliphatic heterocycles. The highest BCUT2D eigenvalue weighted by molar-refractivity contribution is 6.16. The van der Waals surface area contributed by atoms with Gasteiger partial charge in [-0.05, 0) is 39.3 Å². The number of hydrogen-bond acceptors (Lipinski definition) is 8. The van der Waals surface area contributed by atoms with Crippen molar-refractivity contribution in [3.63, 3.8) is 0 Å². The van der Waals surface area contributed by atoms with Crippen LogP contribution < -0.4 is 16.8 Å². The number of nitrogens with two attached hydrogens (primary N) is 2. The van der Waals surface area contributed by atoms with Gasteiger partial charge in [-0.3, -0.25) is 5.41 Å². The smallest absolute Gasteiger partial charge is 0.410 e. The average molecular weight is 397 g/mol. The minimum atomic E-state index is -0.537. The molecule has 1 aliphatic rings. The highest BCUT2D eigenvalue weighted by Crippen LogP contribution is 2.25. The number of benzene rings is 1. The number of ether oxygens (including phenoxy) is 1. The molecule has 1 aromatic carbocycles. The second-order valence-electron chi connectivity index (χ2n) is 8.04. The Morgan fingerprint density at radius 1 is 1.24 bits per heavy atom. The zero-order chi connectivity index (χ0) is 21.2. The number of carbonyl (C=O) groups excluding carboxylic acids is 1. The fourth-order valence-corrected chi connectivity index (χ4v) is 3.11. The van der Waals surface area contributed by atoms with E-state index in [1.807, 2.05) is 20.8 Å². The number of nitrogens with zero attached hydrogens (tertiary/aromatic N) is 3. The van der Waals surface area contributed by atoms with Crippen LogP contribution in [0.15, 0.2) is 30.6 Å². The standard InChI is InChI=1S/C20H27N7O2/c1-20(2,3)29-19(28)27-9-8-14(10-27)26-18-15(17(23)24-11-25-18)16(22)12-4-6-13(21)7-5-12/h4-7,11,14,22H,8-10,21H2,1-3H3,(H3,23,24,25,26). The number of aromatic nitrogens is 2. The highest BCUT2D eigenvalue weighted by Gasteiger charge is 2.30. The predicted molar refractivity (Wildman–Crippen MR) is 113 cm³/mol. The lowest BCUT2D eigenvalue weighted by atomic mass is 10.0. The maximum Gasteiger partial charge on any atom is 0.410 e. The van der Waals surface area contributed by atoms with Crippen molar-refractivity contribution in [1.82, 2.24) is 14.9 Å². The van der Waals surface area contributed by atoms with E-state index >= 15 is 0 Å². The van der Waals surface area contributed by atoms with E-state index in [1.54, 1.807) is 29.2 Å². The quantitative estimate of drug-likeness (QED) is 0.458. The number of nitrogens with one attached hydrogen (secondary N) is 2. The van der Waals surface area contributed by atoms with Crippen molar-refractivity contribution in [3.05, 3.63) is 41.7 Å². The molecule has 0 bridgehead atoms. The van der Waals surface area contributed by atoms with Gasteiger partial charge in [0.1, 0.15) is 23.6 Å². The molecule has 154 valence electrons. The molecule has 0 aliphatic carbocycles. The molecule has 1 amide bonds. The lowest BCUT2D eigenvalue weighted by Gasteiger charge is -2.24. The van der Waals surface area contributed by atoms with Gasteiger partial charge >= 0.3 is 6.09 Å². The first-order valence-corrected chi connectivity index (χ1v) is 9.44. The normalized spacial score (nSPS) is 16.5. The molecule has 6 N–H and O–H groups in total. The second-order valence-corrected chi connectivity index (χ2v) is 8.04. The van der Waals surface area contributed by atoms with E-state index in [0.717, 1.165) is 6.42 Å². The molecule has 0 radical (unpaired) electrons. The zero-order valence-electron chi connectivity index (χ0n) is 16.9. The summed E-state index contributed by atoms with van der Waals surface area (Å²) in [6.45, 7) is 6.59. The summed E-state index contributed by atoms with van der Waals surface area (Å²) in [5.74, 6) is 0.682. The summed E-state index contributed by atoms with van der Waals surface area (Å²) in [4.78, 5) is 22.3. The fraction of sp³-hybridized carbons (Fsp3) is 0.400. The van der Waals surface area contributed by atoms with Crippen molar-refractivity contribution >= 4 is 29.1 Å². The molecule has 1 aromatic heterocycles. The van der Waals surface area contributed by atoms with Gasteiger partial charge in [0.05, 0.1) is 11.3 Å². The summed E-state index contributed by atoms with van der Waals surface area (Å²) in [5.41, 5.74) is 13.2. The van der Waals surface area contributed by atoms with Gasteiger partial charge in [0.2, 0.25) is 0 Å². The van der Waals surface area contributed by atoms with Crippen molar-refractivity contribution in [2.24, 2.45) is 0 Å². The van der Waals surface area contributed by atoms with Crippen molar-refractivity contribution in [2.45, 2.75) is 38.8 Å². The van der Waals surface area contributed by atoms with Gasteiger partial charge in [0, 0.05) is 30.4 Å². The largest absolute Gasteiger partial charge is 0.444 e. The molecule has 1 atom stereocenters. The number of nitrogen functional groups attached to an aromatic ring is 2. The fourth-order valence-electron chi connectivity index (χ4n) is 3.11. The van der Waals surface area contributed by atoms with E-state index in [2.05, 4.69) is 15.3 Å². The summed E-state index contributed by atoms with van der Waals surface area (Å²) < 4.78 is 5.44. The summed E-state index contributed by atoms with van der Waals surface area (Å²) in [6, 6.07) is 6.94. The molecule has 3 rings (SSSR count). The van der Waals surface area contributed by atoms with Crippen molar-refractivity contribution in [1.29, 1.82) is 5.41 Å². The van der Waals surface area contributed by atoms with E-state index in [-0.39, 0.29) is 23.7 Å². The van der Waals surface area contributed by atoms with Crippen LogP contribution in [0.3, 0.4) is 0 Å². The lowest BCUT2D eigenvalue weighted by molar-refractivity contribution is 0.0293. The molecule has 1 fully saturated rings. The molecule has 1 saturated heterocycles. The summed E-state index contributed by atoms with van der Waals surface area (Å²) >= 11 is 0. The molecule has 9 nitrogen and oxygen atoms in total. The van der Waals surface area contributed by atoms with E-state index in [9.17, 15) is 4.79 Å². The first kappa shape index (κ1) is 20.4. The number of carbonyl (C=O) groups is 1. The van der Waals surface area contributed by atoms with Crippen LogP contribution in [0.2, 0.25) is 0 Å². The van der Waals surface area contributed by atoms with Crippen LogP contribution >= 0.6 is 0 Å². The molecular formula is C20H27N7O2. The maximum atomic E-state index is 12.3. The first-order valence-electron chi connectivity index (χ1n) is 9.44. The van der Waals surface area contributed by atoms with Crippen molar-refractivity contribution in [3.8, 4) is 0 Å². The number of hydrogen-bond donors (Lipinski definition) is 4. The molecule has 0 spiro atoms. The molecule has 9 heteroatoms. The van der Waals surface area contributed by atoms with Crippen molar-refractivity contribution in [2.75, 3.05) is 29.9 Å². The van der Waals surface area contributed by atoms with Gasteiger partial charge in [0.15, 0.2) is 0 Å². The molecule has 29 heavy (non-hydrogen) atoms. The van der Waals surface area contributed by atoms with Gasteiger partial charge in [-0.2, -0.15) is 0 Å². The SMILES string of the molecule is CC(C)(C)OC(=O)N1CCC(Nc2ncnc(N)c2C(=N)c2ccc(N)cc2)C1. The van der Waals surface area contributed by atoms with Gasteiger partial charge < -0.3 is 26.4 Å². The van der Waals surface area contributed by atoms with Gasteiger partial charge in [-0.15, -0.1) is 0 Å². The number of anilines is 3. The summed E-state index contributed by atoms with van der Waals surface area (Å²) in [5, 5.41) is 11.9. The van der Waals surface area contributed by atoms with E-state index < -0.39 is 5.60 Å². The Morgan fingerprint density at radius 2 is 1.93 bits per heavy atom. The van der Waals surface area contributed by atoms with Crippen LogP contribution in [-0.4, -0.2) is 51.4 Å². The maximum absolute atomic E-state index is 12.3. The highest BCUT2D eigenvalue weighted by atomic mass is 16.6. The molecule has 2 heterocycles. The van der Waals surface area contributed by atoms with Gasteiger partial charge in [-0.25, -0.2) is 14.8 Å². The Bertz CT molecular complexity index is 906. The second kappa shape index (κ2) is 7.94. The third-order valence-electron chi connectivity index (χ3n) is 4.51. The third-order valence-corrected chi connectivity index (χ3v) is 4.51. The molecule has 0 saturated carbocycles. The van der Waals surface area contributed by atoms with Gasteiger partial charge in [-0.1, -0.05) is 12.1 Å². The van der Waals surface area contributed by atoms with E-state index in [0.29, 0.717) is 35.7 Å². The lowest BCUT2D eigenvalue weighted by Crippen LogP contribution is -2.36. The number of amides is 1. The Balaban J connectivity index is 1.76. The van der Waals surface area contributed by atoms with Crippen LogP contribution in [0.4, 0.5) is 22.1 Å². The topological polar surface area (TPSA) is 143 Å². The Morgan fingerprint density at radius 3 is 2.59 bits per heavy atom. The van der Waals surface area contributed by atoms with Crippen LogP contribution in [0.1, 0.15) is 38.3 Å². The first-order chi connectivity index (χ1) is 13.6. The monoisotopic (exact) mass is 397 g/mol. The predicted octanol–water partition coefficient (Wildman–Crippen LogP) is 2.48. The minimum absolute atomic E-state index is 0.0326. The average Bonchev–Trinajstić information content (AvgIpc) is 3.09. The van der Waals surface area contributed by atoms with E-state index in [1.165, 1.54) is 6.33 Å². The van der Waals surface area contributed by atoms with Gasteiger partial charge in [0.25, 0.3) is 0 Å². The Hall–Kier alpha value is -3.36. The third kappa shape index (κ3) is 4.92. The number of likely N-dealkylation sites (tertiary alicyclic amines) is 1. The summed E-state index contributed by atoms with van der Waals surface area (Å²) in [7, 11) is 0. The van der Waals surface area contributed by atoms with Crippen LogP contribution in [0, 0.1) is 5.41 Å². The summed E-state index contributed by atoms with van der Waals surface area (Å²) in [6.07, 6.45) is 1.76. The minimum Gasteiger partial charge on any atom is -0.444 e. The Kier molecular flexibility index (Phi) is 5.58.